The maximum absolute atomic E-state index is 13.0. The van der Waals surface area contributed by atoms with E-state index < -0.39 is 11.7 Å². The Balaban J connectivity index is 2.10. The van der Waals surface area contributed by atoms with Gasteiger partial charge in [0.1, 0.15) is 0 Å². The summed E-state index contributed by atoms with van der Waals surface area (Å²) in [6.07, 6.45) is -2.58. The molecule has 0 unspecified atom stereocenters. The van der Waals surface area contributed by atoms with Crippen LogP contribution in [-0.4, -0.2) is 0 Å². The number of benzene rings is 2. The molecule has 1 aliphatic rings. The Morgan fingerprint density at radius 3 is 2.40 bits per heavy atom. The van der Waals surface area contributed by atoms with Crippen molar-refractivity contribution in [2.45, 2.75) is 12.7 Å². The molecule has 2 aromatic carbocycles. The molecule has 0 atom stereocenters. The average molecular weight is 275 g/mol. The molecular weight excluding hydrogens is 263 g/mol. The summed E-state index contributed by atoms with van der Waals surface area (Å²) in [5, 5.41) is 3.07. The van der Waals surface area contributed by atoms with Crippen molar-refractivity contribution in [2.24, 2.45) is 0 Å². The summed E-state index contributed by atoms with van der Waals surface area (Å²) in [7, 11) is 0. The summed E-state index contributed by atoms with van der Waals surface area (Å²) in [5.74, 6) is 0. The van der Waals surface area contributed by atoms with E-state index in [0.717, 1.165) is 17.2 Å². The molecule has 3 rings (SSSR count). The lowest BCUT2D eigenvalue weighted by atomic mass is 9.97. The third-order valence-corrected chi connectivity index (χ3v) is 3.35. The van der Waals surface area contributed by atoms with Gasteiger partial charge in [0.25, 0.3) is 0 Å². The monoisotopic (exact) mass is 275 g/mol. The topological polar surface area (TPSA) is 12.0 Å². The number of hydrogen-bond donors (Lipinski definition) is 1. The quantitative estimate of drug-likeness (QED) is 0.818. The van der Waals surface area contributed by atoms with E-state index in [0.29, 0.717) is 12.2 Å². The Morgan fingerprint density at radius 2 is 1.60 bits per heavy atom. The lowest BCUT2D eigenvalue weighted by Crippen LogP contribution is -2.19. The maximum Gasteiger partial charge on any atom is 0.417 e. The van der Waals surface area contributed by atoms with Crippen LogP contribution in [-0.2, 0) is 12.7 Å². The standard InChI is InChI=1S/C16H12F3N/c17-16(18,19)14-8-4-3-7-13(14)15-9-11-5-1-2-6-12(11)10-20-15/h1-9,20H,10H2. The Hall–Kier alpha value is -2.23. The van der Waals surface area contributed by atoms with Crippen molar-refractivity contribution in [3.05, 3.63) is 70.8 Å². The van der Waals surface area contributed by atoms with Crippen molar-refractivity contribution in [3.8, 4) is 0 Å². The zero-order chi connectivity index (χ0) is 14.2. The smallest absolute Gasteiger partial charge is 0.380 e. The average Bonchev–Trinajstić information content (AvgIpc) is 2.46. The van der Waals surface area contributed by atoms with E-state index in [-0.39, 0.29) is 5.56 Å². The fourth-order valence-electron chi connectivity index (χ4n) is 2.37. The second kappa shape index (κ2) is 4.71. The van der Waals surface area contributed by atoms with Gasteiger partial charge in [-0.25, -0.2) is 0 Å². The van der Waals surface area contributed by atoms with Crippen LogP contribution in [0.5, 0.6) is 0 Å². The van der Waals surface area contributed by atoms with Gasteiger partial charge < -0.3 is 5.32 Å². The Kier molecular flexibility index (Phi) is 3.01. The van der Waals surface area contributed by atoms with Crippen LogP contribution in [0.1, 0.15) is 22.3 Å². The summed E-state index contributed by atoms with van der Waals surface area (Å²) in [5.41, 5.74) is 2.13. The lowest BCUT2D eigenvalue weighted by Gasteiger charge is -2.21. The highest BCUT2D eigenvalue weighted by molar-refractivity contribution is 5.84. The van der Waals surface area contributed by atoms with E-state index in [2.05, 4.69) is 5.32 Å². The van der Waals surface area contributed by atoms with E-state index >= 15 is 0 Å². The second-order valence-corrected chi connectivity index (χ2v) is 4.65. The number of nitrogens with one attached hydrogen (secondary N) is 1. The summed E-state index contributed by atoms with van der Waals surface area (Å²) < 4.78 is 39.1. The fourth-order valence-corrected chi connectivity index (χ4v) is 2.37. The van der Waals surface area contributed by atoms with Gasteiger partial charge in [0, 0.05) is 17.8 Å². The van der Waals surface area contributed by atoms with Crippen LogP contribution < -0.4 is 5.32 Å². The summed E-state index contributed by atoms with van der Waals surface area (Å²) >= 11 is 0. The lowest BCUT2D eigenvalue weighted by molar-refractivity contribution is -0.137. The van der Waals surface area contributed by atoms with Gasteiger partial charge in [-0.05, 0) is 23.3 Å². The third-order valence-electron chi connectivity index (χ3n) is 3.35. The number of hydrogen-bond acceptors (Lipinski definition) is 1. The molecule has 102 valence electrons. The zero-order valence-corrected chi connectivity index (χ0v) is 10.5. The van der Waals surface area contributed by atoms with Crippen molar-refractivity contribution >= 4 is 11.8 Å². The molecule has 0 radical (unpaired) electrons. The van der Waals surface area contributed by atoms with Crippen molar-refractivity contribution in [1.82, 2.24) is 5.32 Å². The minimum absolute atomic E-state index is 0.189. The van der Waals surface area contributed by atoms with Crippen molar-refractivity contribution in [3.63, 3.8) is 0 Å². The Labute approximate surface area is 114 Å². The largest absolute Gasteiger partial charge is 0.417 e. The first-order chi connectivity index (χ1) is 9.55. The summed E-state index contributed by atoms with van der Waals surface area (Å²) in [4.78, 5) is 0. The molecule has 1 aliphatic heterocycles. The number of fused-ring (bicyclic) bond motifs is 1. The molecule has 0 spiro atoms. The molecule has 0 aliphatic carbocycles. The van der Waals surface area contributed by atoms with Crippen LogP contribution in [0.25, 0.3) is 11.8 Å². The summed E-state index contributed by atoms with van der Waals surface area (Å²) in [6.45, 7) is 0.536. The highest BCUT2D eigenvalue weighted by atomic mass is 19.4. The van der Waals surface area contributed by atoms with Gasteiger partial charge in [0.05, 0.1) is 5.56 Å². The van der Waals surface area contributed by atoms with Gasteiger partial charge in [0.15, 0.2) is 0 Å². The zero-order valence-electron chi connectivity index (χ0n) is 10.5. The van der Waals surface area contributed by atoms with Crippen LogP contribution in [0.3, 0.4) is 0 Å². The molecule has 1 N–H and O–H groups in total. The minimum Gasteiger partial charge on any atom is -0.380 e. The van der Waals surface area contributed by atoms with Gasteiger partial charge in [0.2, 0.25) is 0 Å². The van der Waals surface area contributed by atoms with Gasteiger partial charge in [-0.2, -0.15) is 13.2 Å². The number of halogens is 3. The molecule has 0 amide bonds. The van der Waals surface area contributed by atoms with Crippen molar-refractivity contribution in [1.29, 1.82) is 0 Å². The summed E-state index contributed by atoms with van der Waals surface area (Å²) in [6, 6.07) is 13.3. The van der Waals surface area contributed by atoms with Gasteiger partial charge >= 0.3 is 6.18 Å². The molecule has 4 heteroatoms. The maximum atomic E-state index is 13.0. The first kappa shape index (κ1) is 12.8. The van der Waals surface area contributed by atoms with E-state index in [1.165, 1.54) is 12.1 Å². The fraction of sp³-hybridized carbons (Fsp3) is 0.125. The Bertz CT molecular complexity index is 671. The molecule has 0 fully saturated rings. The SMILES string of the molecule is FC(F)(F)c1ccccc1C1=Cc2ccccc2CN1. The highest BCUT2D eigenvalue weighted by Gasteiger charge is 2.34. The van der Waals surface area contributed by atoms with Crippen LogP contribution in [0.15, 0.2) is 48.5 Å². The molecule has 2 aromatic rings. The van der Waals surface area contributed by atoms with Crippen molar-refractivity contribution < 1.29 is 13.2 Å². The second-order valence-electron chi connectivity index (χ2n) is 4.65. The molecule has 1 heterocycles. The predicted molar refractivity (Wildman–Crippen MR) is 72.6 cm³/mol. The molecule has 20 heavy (non-hydrogen) atoms. The highest BCUT2D eigenvalue weighted by Crippen LogP contribution is 2.35. The molecule has 0 aromatic heterocycles. The van der Waals surface area contributed by atoms with E-state index in [4.69, 9.17) is 0 Å². The van der Waals surface area contributed by atoms with Crippen molar-refractivity contribution in [2.75, 3.05) is 0 Å². The number of rotatable bonds is 1. The van der Waals surface area contributed by atoms with E-state index in [1.54, 1.807) is 12.1 Å². The Morgan fingerprint density at radius 1 is 0.900 bits per heavy atom. The van der Waals surface area contributed by atoms with Gasteiger partial charge in [-0.15, -0.1) is 0 Å². The van der Waals surface area contributed by atoms with E-state index in [1.807, 2.05) is 24.3 Å². The predicted octanol–water partition coefficient (Wildman–Crippen LogP) is 4.31. The first-order valence-corrected chi connectivity index (χ1v) is 6.26. The van der Waals surface area contributed by atoms with Crippen LogP contribution in [0.4, 0.5) is 13.2 Å². The minimum atomic E-state index is -4.35. The molecule has 0 bridgehead atoms. The van der Waals surface area contributed by atoms with Crippen LogP contribution >= 0.6 is 0 Å². The normalized spacial score (nSPS) is 14.2. The van der Waals surface area contributed by atoms with Gasteiger partial charge in [-0.3, -0.25) is 0 Å². The molecular formula is C16H12F3N. The van der Waals surface area contributed by atoms with E-state index in [9.17, 15) is 13.2 Å². The molecule has 0 saturated heterocycles. The molecule has 1 nitrogen and oxygen atoms in total. The number of alkyl halides is 3. The first-order valence-electron chi connectivity index (χ1n) is 6.26. The third kappa shape index (κ3) is 2.29. The van der Waals surface area contributed by atoms with Crippen LogP contribution in [0, 0.1) is 0 Å². The van der Waals surface area contributed by atoms with Crippen LogP contribution in [0.2, 0.25) is 0 Å². The van der Waals surface area contributed by atoms with Gasteiger partial charge in [-0.1, -0.05) is 42.5 Å². The molecule has 0 saturated carbocycles.